The van der Waals surface area contributed by atoms with Crippen molar-refractivity contribution in [3.05, 3.63) is 59.8 Å². The molecule has 3 rings (SSSR count). The van der Waals surface area contributed by atoms with Crippen LogP contribution in [0.5, 0.6) is 5.75 Å². The Kier molecular flexibility index (Phi) is 5.37. The fourth-order valence-corrected chi connectivity index (χ4v) is 2.85. The van der Waals surface area contributed by atoms with Crippen LogP contribution >= 0.6 is 0 Å². The number of hydrogen-bond acceptors (Lipinski definition) is 4. The van der Waals surface area contributed by atoms with Crippen LogP contribution in [0.4, 0.5) is 11.4 Å². The van der Waals surface area contributed by atoms with E-state index in [4.69, 9.17) is 4.74 Å². The fraction of sp³-hybridized carbons (Fsp3) is 0.238. The molecule has 0 spiro atoms. The van der Waals surface area contributed by atoms with Crippen LogP contribution in [0.2, 0.25) is 0 Å². The maximum absolute atomic E-state index is 12.7. The standard InChI is InChI=1S/C21H23N3O2/c1-4-12-22-21(25)16-13-23-20-15(9-7-11-18(20)26-3)19(16)24-17-10-6-5-8-14(17)2/h5-11,13H,4,12H2,1-3H3,(H,22,25)(H,23,24). The highest BCUT2D eigenvalue weighted by atomic mass is 16.5. The molecule has 5 heteroatoms. The van der Waals surface area contributed by atoms with Gasteiger partial charge in [-0.3, -0.25) is 9.78 Å². The zero-order valence-corrected chi connectivity index (χ0v) is 15.3. The van der Waals surface area contributed by atoms with Gasteiger partial charge in [0.1, 0.15) is 11.3 Å². The Labute approximate surface area is 153 Å². The van der Waals surface area contributed by atoms with Gasteiger partial charge in [-0.05, 0) is 31.0 Å². The lowest BCUT2D eigenvalue weighted by molar-refractivity contribution is 0.0954. The molecule has 0 aliphatic heterocycles. The molecule has 0 aliphatic carbocycles. The van der Waals surface area contributed by atoms with Gasteiger partial charge in [0.2, 0.25) is 0 Å². The number of pyridine rings is 1. The van der Waals surface area contributed by atoms with E-state index in [9.17, 15) is 4.79 Å². The van der Waals surface area contributed by atoms with Gasteiger partial charge >= 0.3 is 0 Å². The molecule has 2 N–H and O–H groups in total. The number of amides is 1. The van der Waals surface area contributed by atoms with Gasteiger partial charge in [-0.25, -0.2) is 0 Å². The highest BCUT2D eigenvalue weighted by Crippen LogP contribution is 2.34. The van der Waals surface area contributed by atoms with E-state index >= 15 is 0 Å². The zero-order valence-electron chi connectivity index (χ0n) is 15.3. The lowest BCUT2D eigenvalue weighted by atomic mass is 10.1. The van der Waals surface area contributed by atoms with Crippen LogP contribution in [0, 0.1) is 6.92 Å². The summed E-state index contributed by atoms with van der Waals surface area (Å²) in [5.41, 5.74) is 4.02. The number of rotatable bonds is 6. The highest BCUT2D eigenvalue weighted by Gasteiger charge is 2.17. The summed E-state index contributed by atoms with van der Waals surface area (Å²) < 4.78 is 5.43. The lowest BCUT2D eigenvalue weighted by Gasteiger charge is -2.17. The van der Waals surface area contributed by atoms with E-state index in [1.165, 1.54) is 0 Å². The van der Waals surface area contributed by atoms with E-state index in [0.717, 1.165) is 34.3 Å². The molecule has 0 fully saturated rings. The van der Waals surface area contributed by atoms with Crippen molar-refractivity contribution in [1.82, 2.24) is 10.3 Å². The van der Waals surface area contributed by atoms with E-state index in [1.54, 1.807) is 13.3 Å². The summed E-state index contributed by atoms with van der Waals surface area (Å²) in [6.07, 6.45) is 2.48. The third-order valence-electron chi connectivity index (χ3n) is 4.27. The Morgan fingerprint density at radius 3 is 2.69 bits per heavy atom. The molecular weight excluding hydrogens is 326 g/mol. The molecule has 0 bridgehead atoms. The second-order valence-electron chi connectivity index (χ2n) is 6.10. The minimum Gasteiger partial charge on any atom is -0.494 e. The van der Waals surface area contributed by atoms with E-state index in [0.29, 0.717) is 17.9 Å². The van der Waals surface area contributed by atoms with Crippen LogP contribution in [0.3, 0.4) is 0 Å². The van der Waals surface area contributed by atoms with Crippen LogP contribution in [0.25, 0.3) is 10.9 Å². The first-order valence-corrected chi connectivity index (χ1v) is 8.72. The zero-order chi connectivity index (χ0) is 18.5. The first kappa shape index (κ1) is 17.7. The molecular formula is C21H23N3O2. The Morgan fingerprint density at radius 1 is 1.15 bits per heavy atom. The number of carbonyl (C=O) groups excluding carboxylic acids is 1. The van der Waals surface area contributed by atoms with E-state index in [1.807, 2.05) is 56.3 Å². The van der Waals surface area contributed by atoms with Crippen molar-refractivity contribution in [3.8, 4) is 5.75 Å². The number of nitrogens with zero attached hydrogens (tertiary/aromatic N) is 1. The van der Waals surface area contributed by atoms with Crippen molar-refractivity contribution in [2.45, 2.75) is 20.3 Å². The number of carbonyl (C=O) groups is 1. The second-order valence-corrected chi connectivity index (χ2v) is 6.10. The van der Waals surface area contributed by atoms with Gasteiger partial charge in [0.15, 0.2) is 0 Å². The minimum atomic E-state index is -0.139. The molecule has 1 amide bonds. The number of para-hydroxylation sites is 2. The number of aromatic nitrogens is 1. The maximum atomic E-state index is 12.7. The molecule has 26 heavy (non-hydrogen) atoms. The molecule has 0 aliphatic rings. The normalized spacial score (nSPS) is 10.6. The molecule has 0 atom stereocenters. The minimum absolute atomic E-state index is 0.139. The van der Waals surface area contributed by atoms with Crippen molar-refractivity contribution >= 4 is 28.2 Å². The Balaban J connectivity index is 2.17. The monoisotopic (exact) mass is 349 g/mol. The maximum Gasteiger partial charge on any atom is 0.254 e. The number of nitrogens with one attached hydrogen (secondary N) is 2. The predicted octanol–water partition coefficient (Wildman–Crippen LogP) is 4.44. The van der Waals surface area contributed by atoms with Gasteiger partial charge in [0.05, 0.1) is 18.4 Å². The average molecular weight is 349 g/mol. The summed E-state index contributed by atoms with van der Waals surface area (Å²) in [6, 6.07) is 13.7. The molecule has 1 aromatic heterocycles. The molecule has 0 saturated heterocycles. The van der Waals surface area contributed by atoms with Crippen molar-refractivity contribution < 1.29 is 9.53 Å². The van der Waals surface area contributed by atoms with Crippen molar-refractivity contribution in [2.75, 3.05) is 19.0 Å². The summed E-state index contributed by atoms with van der Waals surface area (Å²) in [4.78, 5) is 17.2. The largest absolute Gasteiger partial charge is 0.494 e. The number of ether oxygens (including phenoxy) is 1. The van der Waals surface area contributed by atoms with Gasteiger partial charge in [0, 0.05) is 23.8 Å². The number of benzene rings is 2. The summed E-state index contributed by atoms with van der Waals surface area (Å²) >= 11 is 0. The summed E-state index contributed by atoms with van der Waals surface area (Å²) in [6.45, 7) is 4.68. The van der Waals surface area contributed by atoms with Crippen molar-refractivity contribution in [3.63, 3.8) is 0 Å². The third kappa shape index (κ3) is 3.47. The van der Waals surface area contributed by atoms with Crippen LogP contribution in [-0.2, 0) is 0 Å². The van der Waals surface area contributed by atoms with Crippen LogP contribution in [-0.4, -0.2) is 24.5 Å². The van der Waals surface area contributed by atoms with E-state index < -0.39 is 0 Å². The summed E-state index contributed by atoms with van der Waals surface area (Å²) in [5.74, 6) is 0.538. The molecule has 134 valence electrons. The quantitative estimate of drug-likeness (QED) is 0.691. The van der Waals surface area contributed by atoms with Gasteiger partial charge in [-0.2, -0.15) is 0 Å². The Morgan fingerprint density at radius 2 is 1.96 bits per heavy atom. The van der Waals surface area contributed by atoms with Crippen molar-refractivity contribution in [2.24, 2.45) is 0 Å². The number of anilines is 2. The molecule has 5 nitrogen and oxygen atoms in total. The fourth-order valence-electron chi connectivity index (χ4n) is 2.85. The number of aryl methyl sites for hydroxylation is 1. The van der Waals surface area contributed by atoms with Crippen molar-refractivity contribution in [1.29, 1.82) is 0 Å². The number of methoxy groups -OCH3 is 1. The Bertz CT molecular complexity index is 938. The smallest absolute Gasteiger partial charge is 0.254 e. The molecule has 0 saturated carbocycles. The summed E-state index contributed by atoms with van der Waals surface area (Å²) in [5, 5.41) is 7.21. The lowest BCUT2D eigenvalue weighted by Crippen LogP contribution is -2.25. The molecule has 0 radical (unpaired) electrons. The molecule has 3 aromatic rings. The van der Waals surface area contributed by atoms with Crippen LogP contribution in [0.15, 0.2) is 48.7 Å². The Hall–Kier alpha value is -3.08. The van der Waals surface area contributed by atoms with E-state index in [2.05, 4.69) is 15.6 Å². The molecule has 0 unspecified atom stereocenters. The average Bonchev–Trinajstić information content (AvgIpc) is 2.67. The highest BCUT2D eigenvalue weighted by molar-refractivity contribution is 6.09. The second kappa shape index (κ2) is 7.87. The van der Waals surface area contributed by atoms with Crippen LogP contribution in [0.1, 0.15) is 29.3 Å². The number of hydrogen-bond donors (Lipinski definition) is 2. The van der Waals surface area contributed by atoms with Crippen LogP contribution < -0.4 is 15.4 Å². The topological polar surface area (TPSA) is 63.2 Å². The van der Waals surface area contributed by atoms with Gasteiger partial charge in [-0.15, -0.1) is 0 Å². The first-order valence-electron chi connectivity index (χ1n) is 8.72. The van der Waals surface area contributed by atoms with Gasteiger partial charge in [0.25, 0.3) is 5.91 Å². The van der Waals surface area contributed by atoms with Gasteiger partial charge in [-0.1, -0.05) is 37.3 Å². The third-order valence-corrected chi connectivity index (χ3v) is 4.27. The molecule has 2 aromatic carbocycles. The first-order chi connectivity index (χ1) is 12.7. The SMILES string of the molecule is CCCNC(=O)c1cnc2c(OC)cccc2c1Nc1ccccc1C. The summed E-state index contributed by atoms with van der Waals surface area (Å²) in [7, 11) is 1.62. The van der Waals surface area contributed by atoms with E-state index in [-0.39, 0.29) is 5.91 Å². The number of fused-ring (bicyclic) bond motifs is 1. The predicted molar refractivity (Wildman–Crippen MR) is 105 cm³/mol. The molecule has 1 heterocycles. The van der Waals surface area contributed by atoms with Gasteiger partial charge < -0.3 is 15.4 Å².